The van der Waals surface area contributed by atoms with Crippen molar-refractivity contribution >= 4 is 17.9 Å². The van der Waals surface area contributed by atoms with Crippen LogP contribution < -0.4 is 0 Å². The maximum Gasteiger partial charge on any atom is 0.306 e. The minimum Gasteiger partial charge on any atom is -0.462 e. The van der Waals surface area contributed by atoms with Gasteiger partial charge in [0.15, 0.2) is 6.10 Å². The molecular weight excluding hydrogens is 877 g/mol. The molecule has 0 aromatic heterocycles. The number of hydrogen-bond acceptors (Lipinski definition) is 6. The quantitative estimate of drug-likeness (QED) is 0.0261. The van der Waals surface area contributed by atoms with E-state index in [-0.39, 0.29) is 31.1 Å². The van der Waals surface area contributed by atoms with Gasteiger partial charge in [0.1, 0.15) is 13.2 Å². The lowest BCUT2D eigenvalue weighted by molar-refractivity contribution is -0.167. The summed E-state index contributed by atoms with van der Waals surface area (Å²) in [7, 11) is 0. The van der Waals surface area contributed by atoms with Crippen LogP contribution in [0.5, 0.6) is 0 Å². The molecule has 0 aliphatic heterocycles. The Bertz CT molecular complexity index is 1280. The summed E-state index contributed by atoms with van der Waals surface area (Å²) in [6.45, 7) is 6.56. The van der Waals surface area contributed by atoms with Gasteiger partial charge in [0.25, 0.3) is 0 Å². The average molecular weight is 994 g/mol. The molecule has 0 rings (SSSR count). The van der Waals surface area contributed by atoms with Crippen molar-refractivity contribution in [3.63, 3.8) is 0 Å². The Balaban J connectivity index is 4.22. The highest BCUT2D eigenvalue weighted by atomic mass is 16.6. The summed E-state index contributed by atoms with van der Waals surface area (Å²) >= 11 is 0. The van der Waals surface area contributed by atoms with Crippen molar-refractivity contribution in [2.45, 2.75) is 322 Å². The predicted octanol–water partition coefficient (Wildman–Crippen LogP) is 20.8. The normalized spacial score (nSPS) is 12.4. The zero-order chi connectivity index (χ0) is 51.4. The van der Waals surface area contributed by atoms with Gasteiger partial charge in [-0.2, -0.15) is 0 Å². The highest BCUT2D eigenvalue weighted by molar-refractivity contribution is 5.71. The Hall–Kier alpha value is -2.89. The maximum atomic E-state index is 12.8. The third kappa shape index (κ3) is 57.9. The minimum absolute atomic E-state index is 0.0694. The number of ether oxygens (including phenoxy) is 3. The molecule has 0 saturated heterocycles. The molecule has 1 unspecified atom stereocenters. The molecule has 0 bridgehead atoms. The molecule has 0 heterocycles. The van der Waals surface area contributed by atoms with Crippen molar-refractivity contribution in [1.82, 2.24) is 0 Å². The second-order valence-corrected chi connectivity index (χ2v) is 20.6. The number of carbonyl (C=O) groups excluding carboxylic acids is 3. The first-order chi connectivity index (χ1) is 35.0. The molecule has 0 N–H and O–H groups in total. The second-order valence-electron chi connectivity index (χ2n) is 20.6. The molecule has 0 amide bonds. The predicted molar refractivity (Wildman–Crippen MR) is 307 cm³/mol. The molecule has 0 aromatic carbocycles. The molecule has 6 nitrogen and oxygen atoms in total. The Morgan fingerprint density at radius 3 is 0.859 bits per heavy atom. The highest BCUT2D eigenvalue weighted by Crippen LogP contribution is 2.17. The second kappa shape index (κ2) is 59.7. The fourth-order valence-corrected chi connectivity index (χ4v) is 8.94. The standard InChI is InChI=1S/C65H116O6/c1-4-7-10-13-16-19-22-25-26-27-28-29-30-31-32-33-34-35-36-37-38-41-43-46-49-52-55-58-64(67)70-61-62(71-65(68)59-56-53-50-47-44-40-24-21-18-15-12-9-6-3)60-69-63(66)57-54-51-48-45-42-39-23-20-17-14-11-8-5-2/h7,10,16,19,25-26,28-29,31-32,62H,4-6,8-9,11-15,17-18,20-24,27,30,33-61H2,1-3H3/b10-7-,19-16-,26-25-,29-28-,32-31-. The summed E-state index contributed by atoms with van der Waals surface area (Å²) in [5.74, 6) is -0.855. The number of hydrogen-bond donors (Lipinski definition) is 0. The average Bonchev–Trinajstić information content (AvgIpc) is 3.37. The zero-order valence-corrected chi connectivity index (χ0v) is 47.2. The Kier molecular flexibility index (Phi) is 57.2. The molecule has 0 radical (unpaired) electrons. The summed E-state index contributed by atoms with van der Waals surface area (Å²) in [5.41, 5.74) is 0. The zero-order valence-electron chi connectivity index (χ0n) is 47.2. The molecule has 1 atom stereocenters. The van der Waals surface area contributed by atoms with Gasteiger partial charge in [-0.25, -0.2) is 0 Å². The van der Waals surface area contributed by atoms with E-state index in [0.29, 0.717) is 19.3 Å². The number of unbranched alkanes of at least 4 members (excludes halogenated alkanes) is 35. The van der Waals surface area contributed by atoms with E-state index < -0.39 is 6.10 Å². The van der Waals surface area contributed by atoms with Crippen molar-refractivity contribution in [3.8, 4) is 0 Å². The van der Waals surface area contributed by atoms with Crippen molar-refractivity contribution in [3.05, 3.63) is 60.8 Å². The molecule has 71 heavy (non-hydrogen) atoms. The maximum absolute atomic E-state index is 12.8. The van der Waals surface area contributed by atoms with E-state index in [0.717, 1.165) is 89.9 Å². The minimum atomic E-state index is -0.770. The van der Waals surface area contributed by atoms with E-state index >= 15 is 0 Å². The van der Waals surface area contributed by atoms with Crippen LogP contribution in [-0.4, -0.2) is 37.2 Å². The van der Waals surface area contributed by atoms with Gasteiger partial charge in [-0.1, -0.05) is 293 Å². The lowest BCUT2D eigenvalue weighted by Gasteiger charge is -2.18. The van der Waals surface area contributed by atoms with Crippen LogP contribution in [0.1, 0.15) is 316 Å². The Labute approximate surface area is 440 Å². The van der Waals surface area contributed by atoms with Gasteiger partial charge in [-0.15, -0.1) is 0 Å². The van der Waals surface area contributed by atoms with Crippen LogP contribution in [0, 0.1) is 0 Å². The van der Waals surface area contributed by atoms with Crippen LogP contribution in [0.3, 0.4) is 0 Å². The highest BCUT2D eigenvalue weighted by Gasteiger charge is 2.19. The molecule has 0 fully saturated rings. The molecule has 412 valence electrons. The third-order valence-electron chi connectivity index (χ3n) is 13.5. The summed E-state index contributed by atoms with van der Waals surface area (Å²) in [6.07, 6.45) is 75.1. The van der Waals surface area contributed by atoms with E-state index in [1.54, 1.807) is 0 Å². The van der Waals surface area contributed by atoms with Gasteiger partial charge >= 0.3 is 17.9 Å². The molecule has 0 spiro atoms. The smallest absolute Gasteiger partial charge is 0.306 e. The van der Waals surface area contributed by atoms with E-state index in [2.05, 4.69) is 81.5 Å². The van der Waals surface area contributed by atoms with Gasteiger partial charge < -0.3 is 14.2 Å². The van der Waals surface area contributed by atoms with Crippen molar-refractivity contribution < 1.29 is 28.6 Å². The first-order valence-corrected chi connectivity index (χ1v) is 30.8. The van der Waals surface area contributed by atoms with Crippen LogP contribution in [0.2, 0.25) is 0 Å². The summed E-state index contributed by atoms with van der Waals surface area (Å²) < 4.78 is 16.9. The fraction of sp³-hybridized carbons (Fsp3) is 0.800. The first kappa shape index (κ1) is 68.1. The Morgan fingerprint density at radius 1 is 0.296 bits per heavy atom. The van der Waals surface area contributed by atoms with Crippen LogP contribution in [0.15, 0.2) is 60.8 Å². The fourth-order valence-electron chi connectivity index (χ4n) is 8.94. The number of rotatable bonds is 56. The number of allylic oxidation sites excluding steroid dienone is 10. The monoisotopic (exact) mass is 993 g/mol. The summed E-state index contributed by atoms with van der Waals surface area (Å²) in [6, 6.07) is 0. The topological polar surface area (TPSA) is 78.9 Å². The van der Waals surface area contributed by atoms with Crippen LogP contribution in [-0.2, 0) is 28.6 Å². The van der Waals surface area contributed by atoms with Crippen LogP contribution in [0.25, 0.3) is 0 Å². The van der Waals surface area contributed by atoms with Crippen molar-refractivity contribution in [2.75, 3.05) is 13.2 Å². The SMILES string of the molecule is CC/C=C\C/C=C\C/C=C\C/C=C\C/C=C\CCCCCCCCCCCCCC(=O)OCC(COC(=O)CCCCCCCCCCCCCCC)OC(=O)CCCCCCCCCCCCCCC. The van der Waals surface area contributed by atoms with Gasteiger partial charge in [-0.3, -0.25) is 14.4 Å². The lowest BCUT2D eigenvalue weighted by Crippen LogP contribution is -2.30. The van der Waals surface area contributed by atoms with Gasteiger partial charge in [0, 0.05) is 19.3 Å². The van der Waals surface area contributed by atoms with E-state index in [1.807, 2.05) is 0 Å². The van der Waals surface area contributed by atoms with Crippen LogP contribution >= 0.6 is 0 Å². The van der Waals surface area contributed by atoms with Gasteiger partial charge in [-0.05, 0) is 64.2 Å². The third-order valence-corrected chi connectivity index (χ3v) is 13.5. The first-order valence-electron chi connectivity index (χ1n) is 30.8. The Morgan fingerprint density at radius 2 is 0.549 bits per heavy atom. The molecule has 0 saturated carbocycles. The number of esters is 3. The van der Waals surface area contributed by atoms with Crippen LogP contribution in [0.4, 0.5) is 0 Å². The van der Waals surface area contributed by atoms with Gasteiger partial charge in [0.05, 0.1) is 0 Å². The van der Waals surface area contributed by atoms with E-state index in [4.69, 9.17) is 14.2 Å². The molecular formula is C65H116O6. The molecule has 0 aromatic rings. The van der Waals surface area contributed by atoms with Crippen molar-refractivity contribution in [1.29, 1.82) is 0 Å². The molecule has 0 aliphatic rings. The van der Waals surface area contributed by atoms with E-state index in [9.17, 15) is 14.4 Å². The molecule has 6 heteroatoms. The van der Waals surface area contributed by atoms with E-state index in [1.165, 1.54) is 186 Å². The summed E-state index contributed by atoms with van der Waals surface area (Å²) in [4.78, 5) is 38.2. The lowest BCUT2D eigenvalue weighted by atomic mass is 10.0. The summed E-state index contributed by atoms with van der Waals surface area (Å²) in [5, 5.41) is 0. The van der Waals surface area contributed by atoms with Crippen molar-refractivity contribution in [2.24, 2.45) is 0 Å². The molecule has 0 aliphatic carbocycles. The largest absolute Gasteiger partial charge is 0.462 e. The van der Waals surface area contributed by atoms with Gasteiger partial charge in [0.2, 0.25) is 0 Å². The number of carbonyl (C=O) groups is 3.